The summed E-state index contributed by atoms with van der Waals surface area (Å²) >= 11 is 5.88. The van der Waals surface area contributed by atoms with Crippen LogP contribution < -0.4 is 5.32 Å². The van der Waals surface area contributed by atoms with E-state index in [4.69, 9.17) is 16.1 Å². The zero-order valence-corrected chi connectivity index (χ0v) is 12.6. The van der Waals surface area contributed by atoms with Gasteiger partial charge in [-0.3, -0.25) is 4.79 Å². The molecule has 2 aromatic carbocycles. The molecule has 0 unspecified atom stereocenters. The van der Waals surface area contributed by atoms with Gasteiger partial charge in [0.15, 0.2) is 5.76 Å². The standard InChI is InChI=1S/C17H13ClN2O2/c1-19-17(21)14-5-3-2-4-13(14)16-10-15(20-22-16)11-6-8-12(18)9-7-11/h2-10H,1H3,(H,19,21). The summed E-state index contributed by atoms with van der Waals surface area (Å²) in [6, 6.07) is 16.4. The second-order valence-electron chi connectivity index (χ2n) is 4.71. The van der Waals surface area contributed by atoms with E-state index in [0.29, 0.717) is 27.6 Å². The summed E-state index contributed by atoms with van der Waals surface area (Å²) in [5.74, 6) is 0.379. The number of nitrogens with one attached hydrogen (secondary N) is 1. The molecule has 0 atom stereocenters. The van der Waals surface area contributed by atoms with Gasteiger partial charge in [-0.2, -0.15) is 0 Å². The van der Waals surface area contributed by atoms with Crippen molar-refractivity contribution in [1.82, 2.24) is 10.5 Å². The van der Waals surface area contributed by atoms with Crippen LogP contribution in [-0.4, -0.2) is 18.1 Å². The average molecular weight is 313 g/mol. The van der Waals surface area contributed by atoms with Crippen LogP contribution in [0.2, 0.25) is 5.02 Å². The second kappa shape index (κ2) is 6.03. The van der Waals surface area contributed by atoms with Gasteiger partial charge in [-0.25, -0.2) is 0 Å². The van der Waals surface area contributed by atoms with Crippen molar-refractivity contribution in [2.45, 2.75) is 0 Å². The van der Waals surface area contributed by atoms with E-state index < -0.39 is 0 Å². The number of carbonyl (C=O) groups excluding carboxylic acids is 1. The summed E-state index contributed by atoms with van der Waals surface area (Å²) < 4.78 is 5.41. The first-order chi connectivity index (χ1) is 10.7. The lowest BCUT2D eigenvalue weighted by Crippen LogP contribution is -2.18. The lowest BCUT2D eigenvalue weighted by molar-refractivity contribution is 0.0963. The zero-order valence-electron chi connectivity index (χ0n) is 11.8. The van der Waals surface area contributed by atoms with Crippen molar-refractivity contribution in [2.24, 2.45) is 0 Å². The Morgan fingerprint density at radius 3 is 2.59 bits per heavy atom. The van der Waals surface area contributed by atoms with Crippen LogP contribution in [0.15, 0.2) is 59.1 Å². The molecule has 110 valence electrons. The van der Waals surface area contributed by atoms with Crippen LogP contribution in [0.25, 0.3) is 22.6 Å². The molecule has 0 aliphatic rings. The van der Waals surface area contributed by atoms with E-state index in [1.807, 2.05) is 36.4 Å². The quantitative estimate of drug-likeness (QED) is 0.794. The van der Waals surface area contributed by atoms with Crippen molar-refractivity contribution in [2.75, 3.05) is 7.05 Å². The Hall–Kier alpha value is -2.59. The van der Waals surface area contributed by atoms with E-state index >= 15 is 0 Å². The third-order valence-electron chi connectivity index (χ3n) is 3.31. The van der Waals surface area contributed by atoms with Gasteiger partial charge in [-0.15, -0.1) is 0 Å². The van der Waals surface area contributed by atoms with Gasteiger partial charge in [0.1, 0.15) is 5.69 Å². The summed E-state index contributed by atoms with van der Waals surface area (Å²) in [6.45, 7) is 0. The minimum Gasteiger partial charge on any atom is -0.356 e. The summed E-state index contributed by atoms with van der Waals surface area (Å²) in [6.07, 6.45) is 0. The molecule has 1 heterocycles. The monoisotopic (exact) mass is 312 g/mol. The fourth-order valence-electron chi connectivity index (χ4n) is 2.19. The van der Waals surface area contributed by atoms with Crippen LogP contribution in [0.1, 0.15) is 10.4 Å². The normalized spacial score (nSPS) is 10.5. The molecule has 0 saturated heterocycles. The number of hydrogen-bond donors (Lipinski definition) is 1. The number of hydrogen-bond acceptors (Lipinski definition) is 3. The summed E-state index contributed by atoms with van der Waals surface area (Å²) in [5, 5.41) is 7.35. The Bertz CT molecular complexity index is 810. The van der Waals surface area contributed by atoms with Crippen molar-refractivity contribution in [3.05, 3.63) is 65.2 Å². The molecule has 1 N–H and O–H groups in total. The van der Waals surface area contributed by atoms with Crippen LogP contribution in [0, 0.1) is 0 Å². The molecule has 5 heteroatoms. The first-order valence-corrected chi connectivity index (χ1v) is 7.11. The average Bonchev–Trinajstić information content (AvgIpc) is 3.04. The number of carbonyl (C=O) groups is 1. The van der Waals surface area contributed by atoms with Crippen molar-refractivity contribution in [1.29, 1.82) is 0 Å². The third kappa shape index (κ3) is 2.73. The van der Waals surface area contributed by atoms with Crippen LogP contribution in [0.4, 0.5) is 0 Å². The van der Waals surface area contributed by atoms with Crippen molar-refractivity contribution >= 4 is 17.5 Å². The molecule has 0 bridgehead atoms. The molecule has 22 heavy (non-hydrogen) atoms. The van der Waals surface area contributed by atoms with Gasteiger partial charge in [-0.1, -0.05) is 47.1 Å². The molecule has 1 amide bonds. The van der Waals surface area contributed by atoms with Crippen molar-refractivity contribution < 1.29 is 9.32 Å². The fraction of sp³-hybridized carbons (Fsp3) is 0.0588. The largest absolute Gasteiger partial charge is 0.356 e. The van der Waals surface area contributed by atoms with Crippen molar-refractivity contribution in [3.63, 3.8) is 0 Å². The van der Waals surface area contributed by atoms with Gasteiger partial charge in [0.25, 0.3) is 5.91 Å². The van der Waals surface area contributed by atoms with E-state index in [1.165, 1.54) is 0 Å². The molecule has 0 aliphatic carbocycles. The van der Waals surface area contributed by atoms with Crippen LogP contribution >= 0.6 is 11.6 Å². The Morgan fingerprint density at radius 2 is 1.86 bits per heavy atom. The highest BCUT2D eigenvalue weighted by atomic mass is 35.5. The molecule has 0 aliphatic heterocycles. The smallest absolute Gasteiger partial charge is 0.251 e. The molecule has 1 aromatic heterocycles. The highest BCUT2D eigenvalue weighted by Crippen LogP contribution is 2.29. The van der Waals surface area contributed by atoms with Gasteiger partial charge >= 0.3 is 0 Å². The maximum absolute atomic E-state index is 11.9. The second-order valence-corrected chi connectivity index (χ2v) is 5.14. The number of nitrogens with zero attached hydrogens (tertiary/aromatic N) is 1. The number of benzene rings is 2. The molecular weight excluding hydrogens is 300 g/mol. The topological polar surface area (TPSA) is 55.1 Å². The molecule has 0 radical (unpaired) electrons. The fourth-order valence-corrected chi connectivity index (χ4v) is 2.32. The van der Waals surface area contributed by atoms with Crippen LogP contribution in [0.3, 0.4) is 0 Å². The zero-order chi connectivity index (χ0) is 15.5. The van der Waals surface area contributed by atoms with Crippen LogP contribution in [-0.2, 0) is 0 Å². The Balaban J connectivity index is 2.01. The first-order valence-electron chi connectivity index (χ1n) is 6.73. The van der Waals surface area contributed by atoms with E-state index in [2.05, 4.69) is 10.5 Å². The van der Waals surface area contributed by atoms with Gasteiger partial charge in [0.2, 0.25) is 0 Å². The minimum absolute atomic E-state index is 0.167. The highest BCUT2D eigenvalue weighted by molar-refractivity contribution is 6.30. The lowest BCUT2D eigenvalue weighted by Gasteiger charge is -2.04. The minimum atomic E-state index is -0.167. The number of aromatic nitrogens is 1. The van der Waals surface area contributed by atoms with E-state index in [-0.39, 0.29) is 5.91 Å². The highest BCUT2D eigenvalue weighted by Gasteiger charge is 2.15. The maximum atomic E-state index is 11.9. The van der Waals surface area contributed by atoms with E-state index in [1.54, 1.807) is 25.2 Å². The Morgan fingerprint density at radius 1 is 1.14 bits per heavy atom. The lowest BCUT2D eigenvalue weighted by atomic mass is 10.0. The molecule has 0 saturated carbocycles. The van der Waals surface area contributed by atoms with Gasteiger partial charge in [-0.05, 0) is 18.2 Å². The number of rotatable bonds is 3. The SMILES string of the molecule is CNC(=O)c1ccccc1-c1cc(-c2ccc(Cl)cc2)no1. The van der Waals surface area contributed by atoms with Gasteiger partial charge in [0.05, 0.1) is 5.56 Å². The Kier molecular flexibility index (Phi) is 3.94. The molecule has 4 nitrogen and oxygen atoms in total. The van der Waals surface area contributed by atoms with E-state index in [9.17, 15) is 4.79 Å². The molecule has 3 aromatic rings. The summed E-state index contributed by atoms with van der Waals surface area (Å²) in [7, 11) is 1.60. The third-order valence-corrected chi connectivity index (χ3v) is 3.57. The van der Waals surface area contributed by atoms with Gasteiger partial charge in [0, 0.05) is 29.3 Å². The Labute approximate surface area is 132 Å². The number of halogens is 1. The molecule has 0 spiro atoms. The van der Waals surface area contributed by atoms with Crippen molar-refractivity contribution in [3.8, 4) is 22.6 Å². The summed E-state index contributed by atoms with van der Waals surface area (Å²) in [4.78, 5) is 11.9. The molecular formula is C17H13ClN2O2. The number of amides is 1. The summed E-state index contributed by atoms with van der Waals surface area (Å²) in [5.41, 5.74) is 2.84. The van der Waals surface area contributed by atoms with Gasteiger partial charge < -0.3 is 9.84 Å². The van der Waals surface area contributed by atoms with E-state index in [0.717, 1.165) is 5.56 Å². The predicted octanol–water partition coefficient (Wildman–Crippen LogP) is 4.02. The molecule has 0 fully saturated rings. The first kappa shape index (κ1) is 14.4. The predicted molar refractivity (Wildman–Crippen MR) is 85.8 cm³/mol. The molecule has 3 rings (SSSR count). The van der Waals surface area contributed by atoms with Crippen LogP contribution in [0.5, 0.6) is 0 Å². The maximum Gasteiger partial charge on any atom is 0.251 e.